The lowest BCUT2D eigenvalue weighted by molar-refractivity contribution is 0.408. The van der Waals surface area contributed by atoms with E-state index in [2.05, 4.69) is 62.6 Å². The summed E-state index contributed by atoms with van der Waals surface area (Å²) in [5.74, 6) is 0.744. The average Bonchev–Trinajstić information content (AvgIpc) is 2.89. The molecule has 0 spiro atoms. The summed E-state index contributed by atoms with van der Waals surface area (Å²) >= 11 is 3.45. The second-order valence-corrected chi connectivity index (χ2v) is 4.98. The van der Waals surface area contributed by atoms with E-state index in [1.807, 2.05) is 0 Å². The SMILES string of the molecule is CCC(NCCc1ncon1)c1ccc(Br)cc1. The van der Waals surface area contributed by atoms with Gasteiger partial charge >= 0.3 is 0 Å². The third-order valence-corrected chi connectivity index (χ3v) is 3.36. The third kappa shape index (κ3) is 3.65. The first kappa shape index (κ1) is 13.2. The molecule has 1 unspecified atom stereocenters. The van der Waals surface area contributed by atoms with Gasteiger partial charge in [0, 0.05) is 23.5 Å². The van der Waals surface area contributed by atoms with Gasteiger partial charge in [-0.05, 0) is 24.1 Å². The molecule has 0 amide bonds. The summed E-state index contributed by atoms with van der Waals surface area (Å²) in [5.41, 5.74) is 1.30. The van der Waals surface area contributed by atoms with Gasteiger partial charge in [-0.1, -0.05) is 40.1 Å². The molecule has 1 N–H and O–H groups in total. The zero-order valence-corrected chi connectivity index (χ0v) is 11.9. The molecular weight excluding hydrogens is 294 g/mol. The maximum atomic E-state index is 4.70. The Kier molecular flexibility index (Phi) is 4.90. The fourth-order valence-electron chi connectivity index (χ4n) is 1.85. The molecule has 18 heavy (non-hydrogen) atoms. The molecule has 1 atom stereocenters. The van der Waals surface area contributed by atoms with Gasteiger partial charge in [0.15, 0.2) is 5.82 Å². The highest BCUT2D eigenvalue weighted by atomic mass is 79.9. The van der Waals surface area contributed by atoms with Gasteiger partial charge in [0.2, 0.25) is 6.39 Å². The number of nitrogens with one attached hydrogen (secondary N) is 1. The second kappa shape index (κ2) is 6.66. The molecule has 0 fully saturated rings. The largest absolute Gasteiger partial charge is 0.343 e. The van der Waals surface area contributed by atoms with Crippen LogP contribution in [0.1, 0.15) is 30.8 Å². The average molecular weight is 310 g/mol. The lowest BCUT2D eigenvalue weighted by atomic mass is 10.0. The highest BCUT2D eigenvalue weighted by Gasteiger charge is 2.08. The van der Waals surface area contributed by atoms with E-state index in [4.69, 9.17) is 4.52 Å². The predicted octanol–water partition coefficient (Wildman–Crippen LogP) is 3.12. The van der Waals surface area contributed by atoms with Crippen LogP contribution in [0.25, 0.3) is 0 Å². The van der Waals surface area contributed by atoms with Crippen LogP contribution in [0, 0.1) is 0 Å². The van der Waals surface area contributed by atoms with Crippen LogP contribution >= 0.6 is 15.9 Å². The molecule has 0 bridgehead atoms. The van der Waals surface area contributed by atoms with Gasteiger partial charge < -0.3 is 9.84 Å². The third-order valence-electron chi connectivity index (χ3n) is 2.83. The van der Waals surface area contributed by atoms with Crippen LogP contribution in [0.4, 0.5) is 0 Å². The Hall–Kier alpha value is -1.20. The fourth-order valence-corrected chi connectivity index (χ4v) is 2.12. The van der Waals surface area contributed by atoms with Crippen molar-refractivity contribution in [3.05, 3.63) is 46.5 Å². The molecule has 1 aromatic carbocycles. The minimum Gasteiger partial charge on any atom is -0.343 e. The lowest BCUT2D eigenvalue weighted by Gasteiger charge is -2.17. The molecule has 1 heterocycles. The standard InChI is InChI=1S/C13H16BrN3O/c1-2-12(10-3-5-11(14)6-4-10)15-8-7-13-16-9-18-17-13/h3-6,9,12,15H,2,7-8H2,1H3. The number of aromatic nitrogens is 2. The first-order chi connectivity index (χ1) is 8.79. The first-order valence-corrected chi connectivity index (χ1v) is 6.83. The summed E-state index contributed by atoms with van der Waals surface area (Å²) in [6.45, 7) is 3.02. The van der Waals surface area contributed by atoms with Gasteiger partial charge in [0.25, 0.3) is 0 Å². The van der Waals surface area contributed by atoms with Crippen molar-refractivity contribution in [1.82, 2.24) is 15.5 Å². The summed E-state index contributed by atoms with van der Waals surface area (Å²) in [7, 11) is 0. The van der Waals surface area contributed by atoms with Gasteiger partial charge in [-0.25, -0.2) is 0 Å². The summed E-state index contributed by atoms with van der Waals surface area (Å²) in [6.07, 6.45) is 3.19. The van der Waals surface area contributed by atoms with E-state index in [0.29, 0.717) is 6.04 Å². The molecule has 1 aromatic heterocycles. The van der Waals surface area contributed by atoms with Crippen molar-refractivity contribution >= 4 is 15.9 Å². The molecule has 0 radical (unpaired) electrons. The Balaban J connectivity index is 1.87. The van der Waals surface area contributed by atoms with Gasteiger partial charge in [-0.2, -0.15) is 4.98 Å². The Morgan fingerprint density at radius 1 is 1.33 bits per heavy atom. The molecule has 0 aliphatic heterocycles. The zero-order valence-electron chi connectivity index (χ0n) is 10.3. The monoisotopic (exact) mass is 309 g/mol. The van der Waals surface area contributed by atoms with Crippen molar-refractivity contribution in [2.24, 2.45) is 0 Å². The van der Waals surface area contributed by atoms with E-state index in [1.54, 1.807) is 0 Å². The first-order valence-electron chi connectivity index (χ1n) is 6.03. The van der Waals surface area contributed by atoms with Crippen molar-refractivity contribution in [2.75, 3.05) is 6.54 Å². The normalized spacial score (nSPS) is 12.6. The molecule has 2 rings (SSSR count). The molecule has 0 saturated heterocycles. The fraction of sp³-hybridized carbons (Fsp3) is 0.385. The number of halogens is 1. The highest BCUT2D eigenvalue weighted by molar-refractivity contribution is 9.10. The summed E-state index contributed by atoms with van der Waals surface area (Å²) in [5, 5.41) is 7.30. The van der Waals surface area contributed by atoms with Crippen molar-refractivity contribution in [1.29, 1.82) is 0 Å². The van der Waals surface area contributed by atoms with Gasteiger partial charge in [-0.3, -0.25) is 0 Å². The quantitative estimate of drug-likeness (QED) is 0.890. The molecule has 5 heteroatoms. The van der Waals surface area contributed by atoms with E-state index in [1.165, 1.54) is 12.0 Å². The van der Waals surface area contributed by atoms with Crippen molar-refractivity contribution < 1.29 is 4.52 Å². The van der Waals surface area contributed by atoms with Gasteiger partial charge in [0.05, 0.1) is 0 Å². The van der Waals surface area contributed by atoms with E-state index >= 15 is 0 Å². The van der Waals surface area contributed by atoms with E-state index < -0.39 is 0 Å². The minimum atomic E-state index is 0.366. The van der Waals surface area contributed by atoms with Crippen LogP contribution in [0.5, 0.6) is 0 Å². The number of benzene rings is 1. The van der Waals surface area contributed by atoms with Crippen LogP contribution < -0.4 is 5.32 Å². The van der Waals surface area contributed by atoms with Crippen LogP contribution in [-0.4, -0.2) is 16.7 Å². The Labute approximate surface area is 115 Å². The molecule has 0 aliphatic carbocycles. The number of rotatable bonds is 6. The smallest absolute Gasteiger partial charge is 0.213 e. The van der Waals surface area contributed by atoms with Crippen LogP contribution in [0.15, 0.2) is 39.7 Å². The van der Waals surface area contributed by atoms with Gasteiger partial charge in [0.1, 0.15) is 0 Å². The molecule has 0 aliphatic rings. The maximum Gasteiger partial charge on any atom is 0.213 e. The minimum absolute atomic E-state index is 0.366. The predicted molar refractivity (Wildman–Crippen MR) is 73.2 cm³/mol. The Morgan fingerprint density at radius 3 is 2.72 bits per heavy atom. The second-order valence-electron chi connectivity index (χ2n) is 4.06. The molecule has 96 valence electrons. The summed E-state index contributed by atoms with van der Waals surface area (Å²) in [4.78, 5) is 4.00. The lowest BCUT2D eigenvalue weighted by Crippen LogP contribution is -2.23. The van der Waals surface area contributed by atoms with Crippen LogP contribution in [-0.2, 0) is 6.42 Å². The van der Waals surface area contributed by atoms with Crippen LogP contribution in [0.3, 0.4) is 0 Å². The maximum absolute atomic E-state index is 4.70. The Bertz CT molecular complexity index is 456. The zero-order chi connectivity index (χ0) is 12.8. The molecular formula is C13H16BrN3O. The topological polar surface area (TPSA) is 51.0 Å². The van der Waals surface area contributed by atoms with Crippen molar-refractivity contribution in [3.8, 4) is 0 Å². The summed E-state index contributed by atoms with van der Waals surface area (Å²) in [6, 6.07) is 8.78. The van der Waals surface area contributed by atoms with Crippen molar-refractivity contribution in [3.63, 3.8) is 0 Å². The molecule has 4 nitrogen and oxygen atoms in total. The number of nitrogens with zero attached hydrogens (tertiary/aromatic N) is 2. The van der Waals surface area contributed by atoms with E-state index in [0.717, 1.165) is 29.7 Å². The number of hydrogen-bond donors (Lipinski definition) is 1. The molecule has 2 aromatic rings. The van der Waals surface area contributed by atoms with Crippen molar-refractivity contribution in [2.45, 2.75) is 25.8 Å². The summed E-state index contributed by atoms with van der Waals surface area (Å²) < 4.78 is 5.81. The molecule has 0 saturated carbocycles. The highest BCUT2D eigenvalue weighted by Crippen LogP contribution is 2.19. The Morgan fingerprint density at radius 2 is 2.11 bits per heavy atom. The van der Waals surface area contributed by atoms with Crippen LogP contribution in [0.2, 0.25) is 0 Å². The van der Waals surface area contributed by atoms with E-state index in [9.17, 15) is 0 Å². The van der Waals surface area contributed by atoms with E-state index in [-0.39, 0.29) is 0 Å². The number of hydrogen-bond acceptors (Lipinski definition) is 4. The van der Waals surface area contributed by atoms with Gasteiger partial charge in [-0.15, -0.1) is 0 Å².